The van der Waals surface area contributed by atoms with Gasteiger partial charge in [-0.2, -0.15) is 10.2 Å². The molecule has 2 heterocycles. The summed E-state index contributed by atoms with van der Waals surface area (Å²) in [6, 6.07) is 9.36. The number of benzene rings is 1. The van der Waals surface area contributed by atoms with Crippen LogP contribution >= 0.6 is 0 Å². The summed E-state index contributed by atoms with van der Waals surface area (Å²) in [5.74, 6) is -1.72. The maximum absolute atomic E-state index is 12.4. The number of hydrogen-bond donors (Lipinski definition) is 2. The third kappa shape index (κ3) is 3.49. The molecule has 0 unspecified atom stereocenters. The number of carbonyl (C=O) groups excluding carboxylic acids is 1. The molecule has 1 aromatic carbocycles. The molecular weight excluding hydrogens is 334 g/mol. The first-order valence-corrected chi connectivity index (χ1v) is 8.02. The van der Waals surface area contributed by atoms with Crippen LogP contribution in [-0.2, 0) is 13.6 Å². The van der Waals surface area contributed by atoms with E-state index in [1.54, 1.807) is 6.07 Å². The van der Waals surface area contributed by atoms with Crippen molar-refractivity contribution in [1.82, 2.24) is 19.6 Å². The SMILES string of the molecule is Cc1cc(C)n(Cc2cccc(NC(=O)c3cnn(C)c3C(=O)O)c2)n1. The van der Waals surface area contributed by atoms with Gasteiger partial charge in [0.05, 0.1) is 24.0 Å². The Hall–Kier alpha value is -3.42. The predicted octanol–water partition coefficient (Wildman–Crippen LogP) is 2.23. The molecule has 26 heavy (non-hydrogen) atoms. The fourth-order valence-corrected chi connectivity index (χ4v) is 2.81. The van der Waals surface area contributed by atoms with E-state index in [9.17, 15) is 14.7 Å². The molecule has 3 aromatic rings. The first-order chi connectivity index (χ1) is 12.3. The summed E-state index contributed by atoms with van der Waals surface area (Å²) in [7, 11) is 1.48. The molecular formula is C18H19N5O3. The molecule has 8 heteroatoms. The number of aromatic nitrogens is 4. The van der Waals surface area contributed by atoms with Crippen LogP contribution in [0.15, 0.2) is 36.5 Å². The smallest absolute Gasteiger partial charge is 0.354 e. The Labute approximate surface area is 150 Å². The number of amides is 1. The minimum atomic E-state index is -1.20. The van der Waals surface area contributed by atoms with Gasteiger partial charge in [0.25, 0.3) is 5.91 Å². The first kappa shape index (κ1) is 17.4. The average Bonchev–Trinajstić information content (AvgIpc) is 3.10. The number of aryl methyl sites for hydroxylation is 3. The van der Waals surface area contributed by atoms with Gasteiger partial charge in [0.1, 0.15) is 0 Å². The second-order valence-electron chi connectivity index (χ2n) is 6.07. The Morgan fingerprint density at radius 1 is 1.23 bits per heavy atom. The lowest BCUT2D eigenvalue weighted by atomic mass is 10.1. The van der Waals surface area contributed by atoms with Crippen LogP contribution < -0.4 is 5.32 Å². The number of hydrogen-bond acceptors (Lipinski definition) is 4. The lowest BCUT2D eigenvalue weighted by Gasteiger charge is -2.09. The number of nitrogens with one attached hydrogen (secondary N) is 1. The fourth-order valence-electron chi connectivity index (χ4n) is 2.81. The fraction of sp³-hybridized carbons (Fsp3) is 0.222. The zero-order valence-corrected chi connectivity index (χ0v) is 14.7. The molecule has 0 bridgehead atoms. The summed E-state index contributed by atoms with van der Waals surface area (Å²) < 4.78 is 3.05. The van der Waals surface area contributed by atoms with Crippen molar-refractivity contribution in [3.63, 3.8) is 0 Å². The van der Waals surface area contributed by atoms with Crippen LogP contribution in [0.25, 0.3) is 0 Å². The van der Waals surface area contributed by atoms with Gasteiger partial charge in [-0.3, -0.25) is 14.2 Å². The Kier molecular flexibility index (Phi) is 4.57. The van der Waals surface area contributed by atoms with Crippen molar-refractivity contribution < 1.29 is 14.7 Å². The topological polar surface area (TPSA) is 102 Å². The zero-order valence-electron chi connectivity index (χ0n) is 14.7. The number of aromatic carboxylic acids is 1. The van der Waals surface area contributed by atoms with Crippen LogP contribution in [0, 0.1) is 13.8 Å². The van der Waals surface area contributed by atoms with Crippen LogP contribution in [-0.4, -0.2) is 36.5 Å². The molecule has 0 saturated carbocycles. The molecule has 2 N–H and O–H groups in total. The van der Waals surface area contributed by atoms with E-state index in [1.807, 2.05) is 42.8 Å². The highest BCUT2D eigenvalue weighted by Crippen LogP contribution is 2.16. The van der Waals surface area contributed by atoms with Crippen molar-refractivity contribution in [2.24, 2.45) is 7.05 Å². The van der Waals surface area contributed by atoms with Crippen molar-refractivity contribution in [1.29, 1.82) is 0 Å². The number of carbonyl (C=O) groups is 2. The van der Waals surface area contributed by atoms with Gasteiger partial charge in [0.15, 0.2) is 5.69 Å². The van der Waals surface area contributed by atoms with Crippen molar-refractivity contribution in [3.05, 3.63) is 64.7 Å². The van der Waals surface area contributed by atoms with Gasteiger partial charge in [-0.1, -0.05) is 12.1 Å². The summed E-state index contributed by atoms with van der Waals surface area (Å²) >= 11 is 0. The van der Waals surface area contributed by atoms with Crippen molar-refractivity contribution >= 4 is 17.6 Å². The quantitative estimate of drug-likeness (QED) is 0.732. The minimum Gasteiger partial charge on any atom is -0.477 e. The summed E-state index contributed by atoms with van der Waals surface area (Å²) in [5.41, 5.74) is 3.42. The van der Waals surface area contributed by atoms with Gasteiger partial charge < -0.3 is 10.4 Å². The maximum atomic E-state index is 12.4. The number of anilines is 1. The molecule has 0 atom stereocenters. The van der Waals surface area contributed by atoms with Crippen LogP contribution in [0.5, 0.6) is 0 Å². The molecule has 2 aromatic heterocycles. The van der Waals surface area contributed by atoms with E-state index in [0.717, 1.165) is 21.6 Å². The highest BCUT2D eigenvalue weighted by Gasteiger charge is 2.21. The van der Waals surface area contributed by atoms with Crippen molar-refractivity contribution in [2.45, 2.75) is 20.4 Å². The second kappa shape index (κ2) is 6.83. The molecule has 3 rings (SSSR count). The number of rotatable bonds is 5. The summed E-state index contributed by atoms with van der Waals surface area (Å²) in [6.45, 7) is 4.51. The molecule has 134 valence electrons. The molecule has 0 aliphatic rings. The Morgan fingerprint density at radius 2 is 2.00 bits per heavy atom. The molecule has 0 aliphatic heterocycles. The zero-order chi connectivity index (χ0) is 18.8. The van der Waals surface area contributed by atoms with E-state index in [2.05, 4.69) is 15.5 Å². The lowest BCUT2D eigenvalue weighted by molar-refractivity contribution is 0.0680. The summed E-state index contributed by atoms with van der Waals surface area (Å²) in [5, 5.41) is 20.2. The van der Waals surface area contributed by atoms with Crippen LogP contribution in [0.1, 0.15) is 37.8 Å². The summed E-state index contributed by atoms with van der Waals surface area (Å²) in [4.78, 5) is 23.7. The average molecular weight is 353 g/mol. The van der Waals surface area contributed by atoms with Crippen LogP contribution in [0.2, 0.25) is 0 Å². The molecule has 0 fully saturated rings. The van der Waals surface area contributed by atoms with Gasteiger partial charge in [-0.05, 0) is 37.6 Å². The Balaban J connectivity index is 1.80. The number of nitrogens with zero attached hydrogens (tertiary/aromatic N) is 4. The first-order valence-electron chi connectivity index (χ1n) is 8.02. The van der Waals surface area contributed by atoms with E-state index in [4.69, 9.17) is 0 Å². The summed E-state index contributed by atoms with van der Waals surface area (Å²) in [6.07, 6.45) is 1.25. The van der Waals surface area contributed by atoms with Crippen LogP contribution in [0.3, 0.4) is 0 Å². The normalized spacial score (nSPS) is 10.7. The van der Waals surface area contributed by atoms with Gasteiger partial charge in [-0.25, -0.2) is 4.79 Å². The maximum Gasteiger partial charge on any atom is 0.354 e. The molecule has 0 spiro atoms. The van der Waals surface area contributed by atoms with E-state index >= 15 is 0 Å². The standard InChI is InChI=1S/C18H19N5O3/c1-11-7-12(2)23(21-11)10-13-5-4-6-14(8-13)20-17(24)15-9-19-22(3)16(15)18(25)26/h4-9H,10H2,1-3H3,(H,20,24)(H,25,26). The van der Waals surface area contributed by atoms with Gasteiger partial charge in [0.2, 0.25) is 0 Å². The molecule has 1 amide bonds. The molecule has 8 nitrogen and oxygen atoms in total. The third-order valence-corrected chi connectivity index (χ3v) is 4.01. The van der Waals surface area contributed by atoms with E-state index in [0.29, 0.717) is 12.2 Å². The molecule has 0 saturated heterocycles. The molecule has 0 aliphatic carbocycles. The monoisotopic (exact) mass is 353 g/mol. The Morgan fingerprint density at radius 3 is 2.65 bits per heavy atom. The van der Waals surface area contributed by atoms with Crippen LogP contribution in [0.4, 0.5) is 5.69 Å². The highest BCUT2D eigenvalue weighted by molar-refractivity contribution is 6.09. The second-order valence-corrected chi connectivity index (χ2v) is 6.07. The minimum absolute atomic E-state index is 0.0175. The van der Waals surface area contributed by atoms with Crippen molar-refractivity contribution in [2.75, 3.05) is 5.32 Å². The van der Waals surface area contributed by atoms with Gasteiger partial charge in [0, 0.05) is 18.4 Å². The number of carboxylic acids is 1. The molecule has 0 radical (unpaired) electrons. The van der Waals surface area contributed by atoms with Crippen molar-refractivity contribution in [3.8, 4) is 0 Å². The Bertz CT molecular complexity index is 987. The third-order valence-electron chi connectivity index (χ3n) is 4.01. The van der Waals surface area contributed by atoms with E-state index < -0.39 is 11.9 Å². The van der Waals surface area contributed by atoms with Gasteiger partial charge in [-0.15, -0.1) is 0 Å². The van der Waals surface area contributed by atoms with E-state index in [-0.39, 0.29) is 11.3 Å². The van der Waals surface area contributed by atoms with Gasteiger partial charge >= 0.3 is 5.97 Å². The number of carboxylic acid groups (broad SMARTS) is 1. The highest BCUT2D eigenvalue weighted by atomic mass is 16.4. The van der Waals surface area contributed by atoms with E-state index in [1.165, 1.54) is 13.2 Å². The predicted molar refractivity (Wildman–Crippen MR) is 95.4 cm³/mol. The largest absolute Gasteiger partial charge is 0.477 e. The lowest BCUT2D eigenvalue weighted by Crippen LogP contribution is -2.17.